The average Bonchev–Trinajstić information content (AvgIpc) is 2.83. The molecule has 0 amide bonds. The van der Waals surface area contributed by atoms with Gasteiger partial charge in [-0.15, -0.1) is 0 Å². The molecule has 1 fully saturated rings. The highest BCUT2D eigenvalue weighted by atomic mass is 79.9. The molecule has 0 bridgehead atoms. The molecule has 2 N–H and O–H groups in total. The van der Waals surface area contributed by atoms with Crippen molar-refractivity contribution in [1.82, 2.24) is 5.32 Å². The molecule has 19 heavy (non-hydrogen) atoms. The Morgan fingerprint density at radius 2 is 2.16 bits per heavy atom. The van der Waals surface area contributed by atoms with Crippen molar-refractivity contribution in [3.63, 3.8) is 0 Å². The highest BCUT2D eigenvalue weighted by Crippen LogP contribution is 2.33. The van der Waals surface area contributed by atoms with Crippen LogP contribution in [0, 0.1) is 0 Å². The molecule has 0 spiro atoms. The highest BCUT2D eigenvalue weighted by molar-refractivity contribution is 9.10. The van der Waals surface area contributed by atoms with E-state index in [1.165, 1.54) is 18.9 Å². The highest BCUT2D eigenvalue weighted by Gasteiger charge is 2.30. The Balaban J connectivity index is 1.90. The van der Waals surface area contributed by atoms with Gasteiger partial charge in [0.2, 0.25) is 0 Å². The molecule has 1 saturated heterocycles. The van der Waals surface area contributed by atoms with Crippen molar-refractivity contribution in [2.45, 2.75) is 31.5 Å². The Hall–Kier alpha value is -0.750. The van der Waals surface area contributed by atoms with E-state index in [2.05, 4.69) is 26.6 Å². The van der Waals surface area contributed by atoms with Gasteiger partial charge in [-0.25, -0.2) is 0 Å². The topological polar surface area (TPSA) is 24.1 Å². The normalized spacial score (nSPS) is 19.7. The van der Waals surface area contributed by atoms with E-state index in [1.807, 2.05) is 0 Å². The minimum absolute atomic E-state index is 0.446. The van der Waals surface area contributed by atoms with Crippen molar-refractivity contribution in [2.75, 3.05) is 18.4 Å². The van der Waals surface area contributed by atoms with E-state index >= 15 is 0 Å². The summed E-state index contributed by atoms with van der Waals surface area (Å²) in [6.07, 6.45) is -0.938. The lowest BCUT2D eigenvalue weighted by Crippen LogP contribution is -2.24. The van der Waals surface area contributed by atoms with Crippen LogP contribution in [0.1, 0.15) is 24.8 Å². The third kappa shape index (κ3) is 4.11. The Morgan fingerprint density at radius 3 is 2.74 bits per heavy atom. The van der Waals surface area contributed by atoms with Crippen molar-refractivity contribution in [1.29, 1.82) is 0 Å². The van der Waals surface area contributed by atoms with Gasteiger partial charge < -0.3 is 10.6 Å². The lowest BCUT2D eigenvalue weighted by molar-refractivity contribution is -0.137. The average molecular weight is 337 g/mol. The maximum absolute atomic E-state index is 12.5. The molecule has 0 aromatic heterocycles. The van der Waals surface area contributed by atoms with Gasteiger partial charge >= 0.3 is 6.18 Å². The van der Waals surface area contributed by atoms with Gasteiger partial charge in [0.15, 0.2) is 0 Å². The molecule has 1 atom stereocenters. The first-order valence-corrected chi connectivity index (χ1v) is 7.10. The zero-order valence-corrected chi connectivity index (χ0v) is 11.9. The van der Waals surface area contributed by atoms with Crippen molar-refractivity contribution in [3.8, 4) is 0 Å². The van der Waals surface area contributed by atoms with Crippen LogP contribution in [0.25, 0.3) is 0 Å². The second-order valence-electron chi connectivity index (χ2n) is 4.70. The van der Waals surface area contributed by atoms with Crippen LogP contribution in [-0.2, 0) is 6.18 Å². The molecular formula is C13H16BrF3N2. The molecule has 1 aliphatic rings. The van der Waals surface area contributed by atoms with Gasteiger partial charge in [0, 0.05) is 22.7 Å². The smallest absolute Gasteiger partial charge is 0.384 e. The van der Waals surface area contributed by atoms with E-state index in [-0.39, 0.29) is 0 Å². The standard InChI is InChI=1S/C13H16BrF3N2/c14-11-8-9(13(15,16)17)3-4-12(11)19-7-5-10-2-1-6-18-10/h3-4,8,10,18-19H,1-2,5-7H2/t10-/m0/s1. The molecule has 0 saturated carbocycles. The zero-order chi connectivity index (χ0) is 13.9. The van der Waals surface area contributed by atoms with Crippen LogP contribution in [0.4, 0.5) is 18.9 Å². The maximum Gasteiger partial charge on any atom is 0.416 e. The second-order valence-corrected chi connectivity index (χ2v) is 5.56. The van der Waals surface area contributed by atoms with Crippen LogP contribution >= 0.6 is 15.9 Å². The summed E-state index contributed by atoms with van der Waals surface area (Å²) in [7, 11) is 0. The molecule has 2 nitrogen and oxygen atoms in total. The van der Waals surface area contributed by atoms with Crippen LogP contribution in [0.15, 0.2) is 22.7 Å². The number of benzene rings is 1. The fourth-order valence-electron chi connectivity index (χ4n) is 2.22. The molecule has 1 aromatic carbocycles. The van der Waals surface area contributed by atoms with E-state index in [9.17, 15) is 13.2 Å². The molecule has 0 unspecified atom stereocenters. The van der Waals surface area contributed by atoms with Gasteiger partial charge in [-0.05, 0) is 59.9 Å². The number of nitrogens with one attached hydrogen (secondary N) is 2. The Bertz CT molecular complexity index is 428. The molecule has 1 aliphatic heterocycles. The van der Waals surface area contributed by atoms with E-state index < -0.39 is 11.7 Å². The summed E-state index contributed by atoms with van der Waals surface area (Å²) in [5.74, 6) is 0. The lowest BCUT2D eigenvalue weighted by atomic mass is 10.1. The van der Waals surface area contributed by atoms with E-state index in [4.69, 9.17) is 0 Å². The SMILES string of the molecule is FC(F)(F)c1ccc(NCC[C@@H]2CCCN2)c(Br)c1. The number of halogens is 4. The van der Waals surface area contributed by atoms with Gasteiger partial charge in [-0.1, -0.05) is 0 Å². The van der Waals surface area contributed by atoms with Crippen LogP contribution in [-0.4, -0.2) is 19.1 Å². The summed E-state index contributed by atoms with van der Waals surface area (Å²) in [5.41, 5.74) is 0.0633. The van der Waals surface area contributed by atoms with Crippen LogP contribution in [0.5, 0.6) is 0 Å². The third-order valence-electron chi connectivity index (χ3n) is 3.27. The van der Waals surface area contributed by atoms with Gasteiger partial charge in [0.05, 0.1) is 5.56 Å². The first kappa shape index (κ1) is 14.7. The first-order chi connectivity index (χ1) is 8.97. The second kappa shape index (κ2) is 6.13. The maximum atomic E-state index is 12.5. The van der Waals surface area contributed by atoms with Crippen molar-refractivity contribution in [2.24, 2.45) is 0 Å². The summed E-state index contributed by atoms with van der Waals surface area (Å²) >= 11 is 3.18. The molecule has 0 aliphatic carbocycles. The minimum atomic E-state index is -4.30. The van der Waals surface area contributed by atoms with Gasteiger partial charge in [0.25, 0.3) is 0 Å². The number of hydrogen-bond donors (Lipinski definition) is 2. The van der Waals surface area contributed by atoms with E-state index in [0.717, 1.165) is 31.6 Å². The number of hydrogen-bond acceptors (Lipinski definition) is 2. The summed E-state index contributed by atoms with van der Waals surface area (Å²) in [6, 6.07) is 4.20. The van der Waals surface area contributed by atoms with Crippen molar-refractivity contribution in [3.05, 3.63) is 28.2 Å². The third-order valence-corrected chi connectivity index (χ3v) is 3.92. The largest absolute Gasteiger partial charge is 0.416 e. The molecule has 1 heterocycles. The lowest BCUT2D eigenvalue weighted by Gasteiger charge is -2.14. The Kier molecular flexibility index (Phi) is 4.73. The number of rotatable bonds is 4. The molecule has 2 rings (SSSR count). The molecule has 106 valence electrons. The quantitative estimate of drug-likeness (QED) is 0.867. The monoisotopic (exact) mass is 336 g/mol. The van der Waals surface area contributed by atoms with E-state index in [0.29, 0.717) is 16.2 Å². The predicted molar refractivity (Wildman–Crippen MR) is 73.3 cm³/mol. The van der Waals surface area contributed by atoms with Gasteiger partial charge in [-0.3, -0.25) is 0 Å². The summed E-state index contributed by atoms with van der Waals surface area (Å²) < 4.78 is 38.0. The summed E-state index contributed by atoms with van der Waals surface area (Å²) in [6.45, 7) is 1.82. The summed E-state index contributed by atoms with van der Waals surface area (Å²) in [4.78, 5) is 0. The van der Waals surface area contributed by atoms with Crippen molar-refractivity contribution >= 4 is 21.6 Å². The fourth-order valence-corrected chi connectivity index (χ4v) is 2.74. The number of anilines is 1. The van der Waals surface area contributed by atoms with E-state index in [1.54, 1.807) is 0 Å². The molecule has 6 heteroatoms. The van der Waals surface area contributed by atoms with Crippen LogP contribution < -0.4 is 10.6 Å². The number of alkyl halides is 3. The molecule has 1 aromatic rings. The fraction of sp³-hybridized carbons (Fsp3) is 0.538. The van der Waals surface area contributed by atoms with Crippen LogP contribution in [0.3, 0.4) is 0 Å². The Labute approximate surface area is 118 Å². The Morgan fingerprint density at radius 1 is 1.37 bits per heavy atom. The minimum Gasteiger partial charge on any atom is -0.384 e. The molecular weight excluding hydrogens is 321 g/mol. The molecule has 0 radical (unpaired) electrons. The van der Waals surface area contributed by atoms with Crippen molar-refractivity contribution < 1.29 is 13.2 Å². The van der Waals surface area contributed by atoms with Gasteiger partial charge in [0.1, 0.15) is 0 Å². The summed E-state index contributed by atoms with van der Waals surface area (Å²) in [5, 5.41) is 6.55. The predicted octanol–water partition coefficient (Wildman–Crippen LogP) is 4.02. The van der Waals surface area contributed by atoms with Gasteiger partial charge in [-0.2, -0.15) is 13.2 Å². The van der Waals surface area contributed by atoms with Crippen LogP contribution in [0.2, 0.25) is 0 Å². The first-order valence-electron chi connectivity index (χ1n) is 6.31. The zero-order valence-electron chi connectivity index (χ0n) is 10.4.